The second-order valence-electron chi connectivity index (χ2n) is 10.7. The molecule has 0 saturated carbocycles. The highest BCUT2D eigenvalue weighted by atomic mass is 32.1. The van der Waals surface area contributed by atoms with Crippen molar-refractivity contribution in [2.24, 2.45) is 0 Å². The van der Waals surface area contributed by atoms with Crippen LogP contribution in [0.15, 0.2) is 0 Å². The van der Waals surface area contributed by atoms with Gasteiger partial charge >= 0.3 is 0 Å². The lowest BCUT2D eigenvalue weighted by Gasteiger charge is -2.48. The fourth-order valence-corrected chi connectivity index (χ4v) is 5.16. The third kappa shape index (κ3) is 9.16. The van der Waals surface area contributed by atoms with Gasteiger partial charge in [0.25, 0.3) is 0 Å². The fourth-order valence-electron chi connectivity index (χ4n) is 5.00. The molecular weight excluding hydrogens is 618 g/mol. The molecule has 0 aromatic carbocycles. The van der Waals surface area contributed by atoms with Crippen LogP contribution in [0, 0.1) is 0 Å². The van der Waals surface area contributed by atoms with Gasteiger partial charge in [0, 0.05) is 13.0 Å². The van der Waals surface area contributed by atoms with Gasteiger partial charge in [-0.1, -0.05) is 0 Å². The standard InChI is InChI=1S/C25H45NO17S/c27-7-10-14(31)16(33)18(35)24(39-10)43-22-15(32)11(8-28)40-25(20(22)37)42-21-12(9-29)41-23(19(36)17(21)34)38-5-2-4-26-13(30)3-1-6-44/h10-12,14-25,27-29,31-37,44H,1-9H2,(H,26,30)/t10?,11?,12?,14-,15-,16?,17?,18?,19?,20?,21+,22?,23-,24-,25-/m1/s1. The Kier molecular flexibility index (Phi) is 15.3. The lowest BCUT2D eigenvalue weighted by Crippen LogP contribution is -2.66. The first-order chi connectivity index (χ1) is 21.0. The number of hydrogen-bond donors (Lipinski definition) is 12. The second-order valence-corrected chi connectivity index (χ2v) is 11.2. The number of aliphatic hydroxyl groups excluding tert-OH is 10. The number of rotatable bonds is 15. The number of nitrogens with one attached hydrogen (secondary N) is 1. The number of ether oxygens (including phenoxy) is 6. The Balaban J connectivity index is 1.62. The highest BCUT2D eigenvalue weighted by Gasteiger charge is 2.53. The maximum atomic E-state index is 11.7. The van der Waals surface area contributed by atoms with Crippen LogP contribution in [0.4, 0.5) is 0 Å². The zero-order valence-electron chi connectivity index (χ0n) is 23.8. The Bertz CT molecular complexity index is 859. The first kappa shape index (κ1) is 37.6. The summed E-state index contributed by atoms with van der Waals surface area (Å²) in [5, 5.41) is 105. The monoisotopic (exact) mass is 663 g/mol. The molecule has 15 atom stereocenters. The van der Waals surface area contributed by atoms with Gasteiger partial charge in [-0.15, -0.1) is 0 Å². The lowest BCUT2D eigenvalue weighted by molar-refractivity contribution is -0.380. The number of thiol groups is 1. The Morgan fingerprint density at radius 2 is 1.18 bits per heavy atom. The smallest absolute Gasteiger partial charge is 0.220 e. The van der Waals surface area contributed by atoms with E-state index in [9.17, 15) is 55.9 Å². The van der Waals surface area contributed by atoms with E-state index in [0.29, 0.717) is 25.0 Å². The maximum Gasteiger partial charge on any atom is 0.220 e. The molecule has 0 spiro atoms. The molecule has 0 aromatic rings. The van der Waals surface area contributed by atoms with E-state index in [-0.39, 0.29) is 19.1 Å². The van der Waals surface area contributed by atoms with Crippen molar-refractivity contribution in [3.8, 4) is 0 Å². The molecular formula is C25H45NO17S. The average molecular weight is 664 g/mol. The molecule has 18 nitrogen and oxygen atoms in total. The largest absolute Gasteiger partial charge is 0.394 e. The SMILES string of the molecule is O=C(CCCS)NCCCO[C@@H]1OC(CO)[C@H](O[C@H]2OC(CO)[C@@H](O)C(O[C@H]3OC(CO)[C@@H](O)C(O)C3O)C2O)C(O)C1O. The molecule has 3 aliphatic rings. The van der Waals surface area contributed by atoms with Crippen LogP contribution >= 0.6 is 12.6 Å². The third-order valence-electron chi connectivity index (χ3n) is 7.56. The quantitative estimate of drug-likeness (QED) is 0.0573. The highest BCUT2D eigenvalue weighted by Crippen LogP contribution is 2.32. The molecule has 3 heterocycles. The molecule has 11 N–H and O–H groups in total. The summed E-state index contributed by atoms with van der Waals surface area (Å²) in [5.74, 6) is 0.436. The summed E-state index contributed by atoms with van der Waals surface area (Å²) >= 11 is 4.05. The third-order valence-corrected chi connectivity index (χ3v) is 7.88. The van der Waals surface area contributed by atoms with Crippen LogP contribution in [0.25, 0.3) is 0 Å². The molecule has 44 heavy (non-hydrogen) atoms. The molecule has 0 radical (unpaired) electrons. The molecule has 0 aliphatic carbocycles. The number of amides is 1. The van der Waals surface area contributed by atoms with Gasteiger partial charge in [-0.2, -0.15) is 12.6 Å². The van der Waals surface area contributed by atoms with Crippen molar-refractivity contribution >= 4 is 18.5 Å². The van der Waals surface area contributed by atoms with Gasteiger partial charge in [0.1, 0.15) is 73.2 Å². The van der Waals surface area contributed by atoms with Crippen LogP contribution in [-0.4, -0.2) is 188 Å². The summed E-state index contributed by atoms with van der Waals surface area (Å²) in [5.41, 5.74) is 0. The zero-order valence-corrected chi connectivity index (χ0v) is 24.7. The Labute approximate surface area is 258 Å². The number of hydrogen-bond acceptors (Lipinski definition) is 18. The molecule has 3 aliphatic heterocycles. The minimum absolute atomic E-state index is 0.0163. The molecule has 3 saturated heterocycles. The van der Waals surface area contributed by atoms with Crippen LogP contribution in [0.3, 0.4) is 0 Å². The molecule has 258 valence electrons. The van der Waals surface area contributed by atoms with Crippen molar-refractivity contribution in [3.63, 3.8) is 0 Å². The zero-order chi connectivity index (χ0) is 32.6. The highest BCUT2D eigenvalue weighted by molar-refractivity contribution is 7.80. The lowest BCUT2D eigenvalue weighted by atomic mass is 9.96. The van der Waals surface area contributed by atoms with Gasteiger partial charge in [0.2, 0.25) is 5.91 Å². The molecule has 3 fully saturated rings. The predicted molar refractivity (Wildman–Crippen MR) is 146 cm³/mol. The summed E-state index contributed by atoms with van der Waals surface area (Å²) in [6.45, 7) is -2.02. The number of carbonyl (C=O) groups is 1. The molecule has 3 rings (SSSR count). The van der Waals surface area contributed by atoms with E-state index in [1.165, 1.54) is 0 Å². The van der Waals surface area contributed by atoms with Gasteiger partial charge in [-0.25, -0.2) is 0 Å². The van der Waals surface area contributed by atoms with E-state index in [4.69, 9.17) is 28.4 Å². The van der Waals surface area contributed by atoms with Gasteiger partial charge in [0.15, 0.2) is 18.9 Å². The predicted octanol–water partition coefficient (Wildman–Crippen LogP) is -6.33. The summed E-state index contributed by atoms with van der Waals surface area (Å²) in [4.78, 5) is 11.7. The van der Waals surface area contributed by atoms with Crippen molar-refractivity contribution in [2.45, 2.75) is 111 Å². The minimum atomic E-state index is -1.92. The molecule has 0 aromatic heterocycles. The summed E-state index contributed by atoms with van der Waals surface area (Å²) in [7, 11) is 0. The van der Waals surface area contributed by atoms with E-state index in [0.717, 1.165) is 0 Å². The second kappa shape index (κ2) is 17.9. The molecule has 19 heteroatoms. The summed E-state index contributed by atoms with van der Waals surface area (Å²) < 4.78 is 33.0. The number of carbonyl (C=O) groups excluding carboxylic acids is 1. The van der Waals surface area contributed by atoms with Crippen molar-refractivity contribution in [1.29, 1.82) is 0 Å². The Morgan fingerprint density at radius 3 is 1.80 bits per heavy atom. The van der Waals surface area contributed by atoms with Gasteiger partial charge in [-0.3, -0.25) is 4.79 Å². The van der Waals surface area contributed by atoms with Crippen LogP contribution in [-0.2, 0) is 33.2 Å². The van der Waals surface area contributed by atoms with Crippen molar-refractivity contribution in [2.75, 3.05) is 38.7 Å². The van der Waals surface area contributed by atoms with E-state index in [1.807, 2.05) is 0 Å². The topological polar surface area (TPSA) is 287 Å². The van der Waals surface area contributed by atoms with Crippen molar-refractivity contribution < 1.29 is 84.3 Å². The summed E-state index contributed by atoms with van der Waals surface area (Å²) in [6.07, 6.45) is -23.5. The maximum absolute atomic E-state index is 11.7. The van der Waals surface area contributed by atoms with E-state index in [2.05, 4.69) is 17.9 Å². The summed E-state index contributed by atoms with van der Waals surface area (Å²) in [6, 6.07) is 0. The first-order valence-electron chi connectivity index (χ1n) is 14.3. The normalized spacial score (nSPS) is 43.1. The fraction of sp³-hybridized carbons (Fsp3) is 0.960. The van der Waals surface area contributed by atoms with Gasteiger partial charge < -0.3 is 84.8 Å². The van der Waals surface area contributed by atoms with E-state index >= 15 is 0 Å². The van der Waals surface area contributed by atoms with Crippen LogP contribution in [0.2, 0.25) is 0 Å². The first-order valence-corrected chi connectivity index (χ1v) is 15.0. The Morgan fingerprint density at radius 1 is 0.636 bits per heavy atom. The molecule has 1 amide bonds. The van der Waals surface area contributed by atoms with Gasteiger partial charge in [-0.05, 0) is 18.6 Å². The number of aliphatic hydroxyl groups is 10. The van der Waals surface area contributed by atoms with Crippen molar-refractivity contribution in [3.05, 3.63) is 0 Å². The van der Waals surface area contributed by atoms with E-state index < -0.39 is 112 Å². The van der Waals surface area contributed by atoms with Gasteiger partial charge in [0.05, 0.1) is 26.4 Å². The van der Waals surface area contributed by atoms with Crippen LogP contribution in [0.1, 0.15) is 19.3 Å². The Hall–Kier alpha value is -0.820. The van der Waals surface area contributed by atoms with Crippen molar-refractivity contribution in [1.82, 2.24) is 5.32 Å². The molecule has 9 unspecified atom stereocenters. The van der Waals surface area contributed by atoms with Crippen LogP contribution in [0.5, 0.6) is 0 Å². The minimum Gasteiger partial charge on any atom is -0.394 e. The van der Waals surface area contributed by atoms with Crippen LogP contribution < -0.4 is 5.32 Å². The molecule has 0 bridgehead atoms. The average Bonchev–Trinajstić information content (AvgIpc) is 3.02. The van der Waals surface area contributed by atoms with E-state index in [1.54, 1.807) is 0 Å².